The Morgan fingerprint density at radius 1 is 0.141 bits per heavy atom. The van der Waals surface area contributed by atoms with Gasteiger partial charge in [0.05, 0.1) is 0 Å². The van der Waals surface area contributed by atoms with Crippen molar-refractivity contribution in [2.24, 2.45) is 0 Å². The minimum Gasteiger partial charge on any atom is -0.0622 e. The van der Waals surface area contributed by atoms with Gasteiger partial charge in [0.2, 0.25) is 0 Å². The van der Waals surface area contributed by atoms with E-state index in [4.69, 9.17) is 0 Å². The third-order valence-electron chi connectivity index (χ3n) is 13.1. The molecule has 64 heavy (non-hydrogen) atoms. The fourth-order valence-electron chi connectivity index (χ4n) is 10.3. The zero-order chi connectivity index (χ0) is 42.4. The summed E-state index contributed by atoms with van der Waals surface area (Å²) in [6.45, 7) is 0. The molecule has 12 rings (SSSR count). The summed E-state index contributed by atoms with van der Waals surface area (Å²) in [5.41, 5.74) is 17.2. The van der Waals surface area contributed by atoms with Crippen LogP contribution in [-0.4, -0.2) is 0 Å². The first-order valence-corrected chi connectivity index (χ1v) is 22.2. The predicted octanol–water partition coefficient (Wildman–Crippen LogP) is 18.0. The molecule has 0 unspecified atom stereocenters. The maximum Gasteiger partial charge on any atom is -0.00139 e. The van der Waals surface area contributed by atoms with Crippen LogP contribution in [0, 0.1) is 0 Å². The lowest BCUT2D eigenvalue weighted by atomic mass is 9.79. The Bertz CT molecular complexity index is 3350. The molecule has 0 radical (unpaired) electrons. The van der Waals surface area contributed by atoms with E-state index in [0.717, 1.165) is 0 Å². The Morgan fingerprint density at radius 2 is 0.375 bits per heavy atom. The first-order chi connectivity index (χ1) is 31.8. The Balaban J connectivity index is 1.12. The fraction of sp³-hybridized carbons (Fsp3) is 0. The Labute approximate surface area is 374 Å². The molecule has 0 heteroatoms. The van der Waals surface area contributed by atoms with E-state index in [1.54, 1.807) is 0 Å². The lowest BCUT2D eigenvalue weighted by molar-refractivity contribution is 1.58. The first kappa shape index (κ1) is 37.4. The van der Waals surface area contributed by atoms with Gasteiger partial charge < -0.3 is 0 Å². The molecule has 0 atom stereocenters. The van der Waals surface area contributed by atoms with Crippen LogP contribution in [0.1, 0.15) is 0 Å². The van der Waals surface area contributed by atoms with Crippen molar-refractivity contribution in [2.75, 3.05) is 0 Å². The van der Waals surface area contributed by atoms with Crippen LogP contribution >= 0.6 is 0 Å². The molecule has 0 saturated heterocycles. The predicted molar refractivity (Wildman–Crippen MR) is 275 cm³/mol. The van der Waals surface area contributed by atoms with E-state index in [9.17, 15) is 0 Å². The number of hydrogen-bond acceptors (Lipinski definition) is 0. The fourth-order valence-corrected chi connectivity index (χ4v) is 10.3. The van der Waals surface area contributed by atoms with Crippen LogP contribution < -0.4 is 0 Å². The molecule has 0 spiro atoms. The SMILES string of the molecule is c1ccc(-c2cccc(-c3ccccc3-c3c4ccccc4c(-c4c5ccccc5c(-c5ccccc5-c5cccc(-c6ccccc6)c5)c5ccccc45)c4ccccc34)c2)cc1. The molecule has 12 aromatic rings. The second kappa shape index (κ2) is 15.9. The smallest absolute Gasteiger partial charge is 0.00139 e. The van der Waals surface area contributed by atoms with Crippen LogP contribution in [0.4, 0.5) is 0 Å². The van der Waals surface area contributed by atoms with Crippen LogP contribution in [0.3, 0.4) is 0 Å². The normalized spacial score (nSPS) is 11.4. The Morgan fingerprint density at radius 3 is 0.703 bits per heavy atom. The van der Waals surface area contributed by atoms with Gasteiger partial charge in [0.25, 0.3) is 0 Å². The van der Waals surface area contributed by atoms with E-state index < -0.39 is 0 Å². The van der Waals surface area contributed by atoms with Crippen molar-refractivity contribution in [1.82, 2.24) is 0 Å². The number of hydrogen-bond donors (Lipinski definition) is 0. The molecule has 0 nitrogen and oxygen atoms in total. The molecule has 0 heterocycles. The number of rotatable bonds is 7. The van der Waals surface area contributed by atoms with Gasteiger partial charge in [-0.05, 0) is 133 Å². The molecule has 12 aromatic carbocycles. The van der Waals surface area contributed by atoms with E-state index >= 15 is 0 Å². The topological polar surface area (TPSA) is 0 Å². The largest absolute Gasteiger partial charge is 0.0622 e. The average molecular weight is 811 g/mol. The molecular formula is C64H42. The average Bonchev–Trinajstić information content (AvgIpc) is 3.38. The number of fused-ring (bicyclic) bond motifs is 4. The van der Waals surface area contributed by atoms with Gasteiger partial charge in [-0.3, -0.25) is 0 Å². The van der Waals surface area contributed by atoms with Gasteiger partial charge in [0, 0.05) is 0 Å². The lowest BCUT2D eigenvalue weighted by Gasteiger charge is -2.23. The Hall–Kier alpha value is -8.32. The highest BCUT2D eigenvalue weighted by atomic mass is 14.3. The van der Waals surface area contributed by atoms with Gasteiger partial charge in [-0.2, -0.15) is 0 Å². The summed E-state index contributed by atoms with van der Waals surface area (Å²) in [6.07, 6.45) is 0. The second-order valence-corrected chi connectivity index (χ2v) is 16.7. The van der Waals surface area contributed by atoms with Gasteiger partial charge in [-0.1, -0.05) is 243 Å². The van der Waals surface area contributed by atoms with Gasteiger partial charge in [-0.15, -0.1) is 0 Å². The van der Waals surface area contributed by atoms with Gasteiger partial charge in [0.15, 0.2) is 0 Å². The number of benzene rings is 12. The molecule has 0 saturated carbocycles. The van der Waals surface area contributed by atoms with Gasteiger partial charge >= 0.3 is 0 Å². The van der Waals surface area contributed by atoms with Crippen molar-refractivity contribution in [1.29, 1.82) is 0 Å². The molecular weight excluding hydrogens is 769 g/mol. The monoisotopic (exact) mass is 810 g/mol. The lowest BCUT2D eigenvalue weighted by Crippen LogP contribution is -1.96. The highest BCUT2D eigenvalue weighted by Gasteiger charge is 2.24. The van der Waals surface area contributed by atoms with Crippen molar-refractivity contribution in [3.05, 3.63) is 255 Å². The first-order valence-electron chi connectivity index (χ1n) is 22.2. The van der Waals surface area contributed by atoms with Crippen LogP contribution in [0.15, 0.2) is 255 Å². The molecule has 0 aliphatic rings. The summed E-state index contributed by atoms with van der Waals surface area (Å²) < 4.78 is 0. The van der Waals surface area contributed by atoms with E-state index in [1.165, 1.54) is 121 Å². The van der Waals surface area contributed by atoms with E-state index in [2.05, 4.69) is 255 Å². The minimum atomic E-state index is 1.20. The highest BCUT2D eigenvalue weighted by Crippen LogP contribution is 2.52. The van der Waals surface area contributed by atoms with Crippen molar-refractivity contribution in [3.63, 3.8) is 0 Å². The van der Waals surface area contributed by atoms with E-state index in [-0.39, 0.29) is 0 Å². The third-order valence-corrected chi connectivity index (χ3v) is 13.1. The summed E-state index contributed by atoms with van der Waals surface area (Å²) in [7, 11) is 0. The molecule has 0 aromatic heterocycles. The van der Waals surface area contributed by atoms with Crippen LogP contribution in [0.2, 0.25) is 0 Å². The van der Waals surface area contributed by atoms with Gasteiger partial charge in [-0.25, -0.2) is 0 Å². The quantitative estimate of drug-likeness (QED) is 0.141. The maximum absolute atomic E-state index is 2.34. The molecule has 0 amide bonds. The zero-order valence-corrected chi connectivity index (χ0v) is 35.2. The van der Waals surface area contributed by atoms with Gasteiger partial charge in [0.1, 0.15) is 0 Å². The van der Waals surface area contributed by atoms with Crippen LogP contribution in [0.25, 0.3) is 121 Å². The van der Waals surface area contributed by atoms with E-state index in [0.29, 0.717) is 0 Å². The van der Waals surface area contributed by atoms with Crippen molar-refractivity contribution in [3.8, 4) is 77.9 Å². The van der Waals surface area contributed by atoms with Crippen molar-refractivity contribution < 1.29 is 0 Å². The molecule has 0 N–H and O–H groups in total. The Kier molecular flexibility index (Phi) is 9.28. The summed E-state index contributed by atoms with van der Waals surface area (Å²) in [5, 5.41) is 9.92. The minimum absolute atomic E-state index is 1.20. The third kappa shape index (κ3) is 6.31. The van der Waals surface area contributed by atoms with Crippen molar-refractivity contribution in [2.45, 2.75) is 0 Å². The molecule has 0 aliphatic carbocycles. The molecule has 0 bridgehead atoms. The highest BCUT2D eigenvalue weighted by molar-refractivity contribution is 6.30. The second-order valence-electron chi connectivity index (χ2n) is 16.7. The molecule has 0 aliphatic heterocycles. The summed E-state index contributed by atoms with van der Waals surface area (Å²) in [5.74, 6) is 0. The summed E-state index contributed by atoms with van der Waals surface area (Å²) in [4.78, 5) is 0. The van der Waals surface area contributed by atoms with Crippen LogP contribution in [-0.2, 0) is 0 Å². The summed E-state index contributed by atoms with van der Waals surface area (Å²) >= 11 is 0. The van der Waals surface area contributed by atoms with E-state index in [1.807, 2.05) is 0 Å². The maximum atomic E-state index is 2.34. The molecule has 0 fully saturated rings. The van der Waals surface area contributed by atoms with Crippen LogP contribution in [0.5, 0.6) is 0 Å². The molecule has 298 valence electrons. The van der Waals surface area contributed by atoms with Crippen molar-refractivity contribution >= 4 is 43.1 Å². The summed E-state index contributed by atoms with van der Waals surface area (Å²) in [6, 6.07) is 93.5. The standard InChI is InChI=1S/C64H42/c1-3-21-43(22-4-1)45-25-19-27-47(41-45)49-29-7-9-31-51(49)61-53-33-11-15-37-57(53)63(58-38-16-12-34-54(58)61)64-59-39-17-13-35-55(59)62(56-36-14-18-40-60(56)64)52-32-10-8-30-50(52)48-28-20-26-46(42-48)44-23-5-2-6-24-44/h1-42H. The zero-order valence-electron chi connectivity index (χ0n) is 35.2.